The number of amides is 2. The average molecular weight is 332 g/mol. The van der Waals surface area contributed by atoms with Gasteiger partial charge in [0.1, 0.15) is 5.75 Å². The Morgan fingerprint density at radius 2 is 2.00 bits per heavy atom. The van der Waals surface area contributed by atoms with Gasteiger partial charge in [-0.05, 0) is 37.8 Å². The predicted molar refractivity (Wildman–Crippen MR) is 93.8 cm³/mol. The van der Waals surface area contributed by atoms with Crippen LogP contribution >= 0.6 is 0 Å². The van der Waals surface area contributed by atoms with Crippen molar-refractivity contribution in [3.05, 3.63) is 29.8 Å². The summed E-state index contributed by atoms with van der Waals surface area (Å²) in [5, 5.41) is 2.97. The quantitative estimate of drug-likeness (QED) is 0.870. The standard InChI is InChI=1S/C19H28N2O3/c1-14(2)19(23)20-11-16-5-4-10-21(12-16)18(22)13-24-17-8-6-15(3)7-9-17/h6-9,14,16H,4-5,10-13H2,1-3H3,(H,20,23)/t16-/m1/s1. The maximum absolute atomic E-state index is 12.3. The number of benzene rings is 1. The van der Waals surface area contributed by atoms with Crippen LogP contribution in [-0.2, 0) is 9.59 Å². The van der Waals surface area contributed by atoms with Gasteiger partial charge in [-0.25, -0.2) is 0 Å². The van der Waals surface area contributed by atoms with Crippen LogP contribution in [0.2, 0.25) is 0 Å². The molecule has 0 saturated carbocycles. The Morgan fingerprint density at radius 1 is 1.29 bits per heavy atom. The number of rotatable bonds is 6. The van der Waals surface area contributed by atoms with Gasteiger partial charge in [0.25, 0.3) is 5.91 Å². The number of aryl methyl sites for hydroxylation is 1. The third-order valence-corrected chi connectivity index (χ3v) is 4.34. The molecule has 1 aromatic rings. The molecular weight excluding hydrogens is 304 g/mol. The number of hydrogen-bond acceptors (Lipinski definition) is 3. The Bertz CT molecular complexity index is 554. The molecule has 24 heavy (non-hydrogen) atoms. The van der Waals surface area contributed by atoms with Crippen molar-refractivity contribution in [2.45, 2.75) is 33.6 Å². The van der Waals surface area contributed by atoms with Gasteiger partial charge >= 0.3 is 0 Å². The summed E-state index contributed by atoms with van der Waals surface area (Å²) in [6.07, 6.45) is 2.01. The van der Waals surface area contributed by atoms with Crippen LogP contribution in [0.15, 0.2) is 24.3 Å². The zero-order valence-electron chi connectivity index (χ0n) is 14.9. The Morgan fingerprint density at radius 3 is 2.67 bits per heavy atom. The fourth-order valence-corrected chi connectivity index (χ4v) is 2.78. The fraction of sp³-hybridized carbons (Fsp3) is 0.579. The third kappa shape index (κ3) is 5.55. The smallest absolute Gasteiger partial charge is 0.260 e. The molecule has 1 aliphatic heterocycles. The normalized spacial score (nSPS) is 17.7. The molecule has 0 unspecified atom stereocenters. The van der Waals surface area contributed by atoms with E-state index in [9.17, 15) is 9.59 Å². The first-order valence-electron chi connectivity index (χ1n) is 8.70. The minimum Gasteiger partial charge on any atom is -0.484 e. The van der Waals surface area contributed by atoms with Crippen molar-refractivity contribution >= 4 is 11.8 Å². The van der Waals surface area contributed by atoms with Crippen LogP contribution in [0.25, 0.3) is 0 Å². The van der Waals surface area contributed by atoms with Gasteiger partial charge in [-0.3, -0.25) is 9.59 Å². The second kappa shape index (κ2) is 8.71. The van der Waals surface area contributed by atoms with Crippen LogP contribution in [0.3, 0.4) is 0 Å². The molecule has 0 bridgehead atoms. The van der Waals surface area contributed by atoms with Gasteiger partial charge < -0.3 is 15.0 Å². The molecule has 1 atom stereocenters. The van der Waals surface area contributed by atoms with E-state index in [2.05, 4.69) is 5.32 Å². The molecule has 1 heterocycles. The zero-order valence-corrected chi connectivity index (χ0v) is 14.9. The number of carbonyl (C=O) groups is 2. The molecule has 2 amide bonds. The van der Waals surface area contributed by atoms with Crippen LogP contribution in [0.4, 0.5) is 0 Å². The largest absolute Gasteiger partial charge is 0.484 e. The highest BCUT2D eigenvalue weighted by Crippen LogP contribution is 2.17. The van der Waals surface area contributed by atoms with Crippen molar-refractivity contribution in [3.63, 3.8) is 0 Å². The topological polar surface area (TPSA) is 58.6 Å². The minimum atomic E-state index is -0.00534. The summed E-state index contributed by atoms with van der Waals surface area (Å²) >= 11 is 0. The summed E-state index contributed by atoms with van der Waals surface area (Å²) in [6.45, 7) is 7.94. The van der Waals surface area contributed by atoms with Crippen LogP contribution in [0.5, 0.6) is 5.75 Å². The molecule has 0 radical (unpaired) electrons. The molecule has 5 nitrogen and oxygen atoms in total. The van der Waals surface area contributed by atoms with Crippen molar-refractivity contribution < 1.29 is 14.3 Å². The van der Waals surface area contributed by atoms with Gasteiger partial charge in [0.05, 0.1) is 0 Å². The second-order valence-electron chi connectivity index (χ2n) is 6.85. The number of likely N-dealkylation sites (tertiary alicyclic amines) is 1. The molecule has 0 aliphatic carbocycles. The summed E-state index contributed by atoms with van der Waals surface area (Å²) in [6, 6.07) is 7.69. The minimum absolute atomic E-state index is 0.00534. The van der Waals surface area contributed by atoms with Gasteiger partial charge in [0, 0.05) is 25.6 Å². The van der Waals surface area contributed by atoms with Crippen LogP contribution in [-0.4, -0.2) is 43.0 Å². The van der Waals surface area contributed by atoms with Gasteiger partial charge in [0.15, 0.2) is 6.61 Å². The van der Waals surface area contributed by atoms with Crippen molar-refractivity contribution in [1.29, 1.82) is 0 Å². The van der Waals surface area contributed by atoms with Crippen LogP contribution in [0.1, 0.15) is 32.3 Å². The van der Waals surface area contributed by atoms with E-state index in [0.717, 1.165) is 24.9 Å². The molecule has 132 valence electrons. The van der Waals surface area contributed by atoms with Crippen LogP contribution < -0.4 is 10.1 Å². The maximum atomic E-state index is 12.3. The van der Waals surface area contributed by atoms with Crippen molar-refractivity contribution in [3.8, 4) is 5.75 Å². The Hall–Kier alpha value is -2.04. The number of nitrogens with zero attached hydrogens (tertiary/aromatic N) is 1. The van der Waals surface area contributed by atoms with Crippen molar-refractivity contribution in [2.75, 3.05) is 26.2 Å². The summed E-state index contributed by atoms with van der Waals surface area (Å²) in [5.41, 5.74) is 1.16. The van der Waals surface area contributed by atoms with Gasteiger partial charge in [-0.15, -0.1) is 0 Å². The van der Waals surface area contributed by atoms with E-state index >= 15 is 0 Å². The number of ether oxygens (including phenoxy) is 1. The third-order valence-electron chi connectivity index (χ3n) is 4.34. The molecule has 0 spiro atoms. The lowest BCUT2D eigenvalue weighted by Crippen LogP contribution is -2.45. The number of carbonyl (C=O) groups excluding carboxylic acids is 2. The highest BCUT2D eigenvalue weighted by atomic mass is 16.5. The summed E-state index contributed by atoms with van der Waals surface area (Å²) < 4.78 is 5.58. The van der Waals surface area contributed by atoms with E-state index in [1.807, 2.05) is 49.9 Å². The number of nitrogens with one attached hydrogen (secondary N) is 1. The average Bonchev–Trinajstić information content (AvgIpc) is 2.59. The molecule has 1 fully saturated rings. The summed E-state index contributed by atoms with van der Waals surface area (Å²) in [4.78, 5) is 25.9. The Labute approximate surface area is 144 Å². The van der Waals surface area contributed by atoms with Crippen molar-refractivity contribution in [1.82, 2.24) is 10.2 Å². The Kier molecular flexibility index (Phi) is 6.64. The lowest BCUT2D eigenvalue weighted by molar-refractivity contribution is -0.135. The first-order chi connectivity index (χ1) is 11.5. The van der Waals surface area contributed by atoms with Gasteiger partial charge in [0.2, 0.25) is 5.91 Å². The molecule has 5 heteroatoms. The van der Waals surface area contributed by atoms with Gasteiger partial charge in [-0.2, -0.15) is 0 Å². The highest BCUT2D eigenvalue weighted by Gasteiger charge is 2.24. The lowest BCUT2D eigenvalue weighted by atomic mass is 9.97. The molecule has 2 rings (SSSR count). The van der Waals surface area contributed by atoms with Gasteiger partial charge in [-0.1, -0.05) is 31.5 Å². The molecule has 1 aliphatic rings. The molecule has 1 N–H and O–H groups in total. The predicted octanol–water partition coefficient (Wildman–Crippen LogP) is 2.38. The summed E-state index contributed by atoms with van der Waals surface area (Å²) in [7, 11) is 0. The Balaban J connectivity index is 1.77. The molecule has 1 aromatic carbocycles. The van der Waals surface area contributed by atoms with E-state index in [1.165, 1.54) is 0 Å². The van der Waals surface area contributed by atoms with E-state index in [4.69, 9.17) is 4.74 Å². The molecular formula is C19H28N2O3. The monoisotopic (exact) mass is 332 g/mol. The van der Waals surface area contributed by atoms with Crippen LogP contribution in [0, 0.1) is 18.8 Å². The van der Waals surface area contributed by atoms with E-state index in [1.54, 1.807) is 0 Å². The van der Waals surface area contributed by atoms with Crippen molar-refractivity contribution in [2.24, 2.45) is 11.8 Å². The number of hydrogen-bond donors (Lipinski definition) is 1. The zero-order chi connectivity index (χ0) is 17.5. The van der Waals surface area contributed by atoms with E-state index in [-0.39, 0.29) is 24.3 Å². The fourth-order valence-electron chi connectivity index (χ4n) is 2.78. The molecule has 0 aromatic heterocycles. The first kappa shape index (κ1) is 18.3. The maximum Gasteiger partial charge on any atom is 0.260 e. The lowest BCUT2D eigenvalue weighted by Gasteiger charge is -2.33. The first-order valence-corrected chi connectivity index (χ1v) is 8.70. The highest BCUT2D eigenvalue weighted by molar-refractivity contribution is 5.78. The molecule has 1 saturated heterocycles. The second-order valence-corrected chi connectivity index (χ2v) is 6.85. The van der Waals surface area contributed by atoms with E-state index in [0.29, 0.717) is 24.8 Å². The number of piperidine rings is 1. The SMILES string of the molecule is Cc1ccc(OCC(=O)N2CCC[C@H](CNC(=O)C(C)C)C2)cc1. The van der Waals surface area contributed by atoms with E-state index < -0.39 is 0 Å². The summed E-state index contributed by atoms with van der Waals surface area (Å²) in [5.74, 6) is 1.11.